The van der Waals surface area contributed by atoms with Gasteiger partial charge in [0, 0.05) is 5.02 Å². The standard InChI is InChI=1S/C20H13ClO3/c21-13-7-10-16-15-3-1-2-4-17(15)20(19(23)24,18(16)11-13)12-5-8-14(22)9-6-12/h1-11,22H,(H,23,24). The minimum Gasteiger partial charge on any atom is -0.508 e. The van der Waals surface area contributed by atoms with Crippen molar-refractivity contribution in [2.75, 3.05) is 0 Å². The molecular formula is C20H13ClO3. The van der Waals surface area contributed by atoms with Crippen molar-refractivity contribution in [2.24, 2.45) is 0 Å². The predicted octanol–water partition coefficient (Wildman–Crippen LogP) is 4.45. The van der Waals surface area contributed by atoms with Gasteiger partial charge in [-0.25, -0.2) is 0 Å². The molecule has 0 aromatic heterocycles. The number of hydrogen-bond donors (Lipinski definition) is 2. The summed E-state index contributed by atoms with van der Waals surface area (Å²) in [6.45, 7) is 0. The average Bonchev–Trinajstić information content (AvgIpc) is 2.86. The summed E-state index contributed by atoms with van der Waals surface area (Å²) >= 11 is 6.18. The van der Waals surface area contributed by atoms with E-state index in [4.69, 9.17) is 11.6 Å². The number of fused-ring (bicyclic) bond motifs is 3. The molecule has 1 aliphatic carbocycles. The molecule has 0 heterocycles. The van der Waals surface area contributed by atoms with Gasteiger partial charge in [-0.2, -0.15) is 0 Å². The molecule has 0 fully saturated rings. The molecule has 0 aliphatic heterocycles. The maximum Gasteiger partial charge on any atom is 0.323 e. The van der Waals surface area contributed by atoms with E-state index in [1.165, 1.54) is 12.1 Å². The summed E-state index contributed by atoms with van der Waals surface area (Å²) < 4.78 is 0. The third kappa shape index (κ3) is 1.82. The van der Waals surface area contributed by atoms with Crippen LogP contribution in [0.3, 0.4) is 0 Å². The number of halogens is 1. The quantitative estimate of drug-likeness (QED) is 0.727. The van der Waals surface area contributed by atoms with Crippen molar-refractivity contribution in [1.82, 2.24) is 0 Å². The third-order valence-electron chi connectivity index (χ3n) is 4.63. The zero-order valence-corrected chi connectivity index (χ0v) is 13.3. The van der Waals surface area contributed by atoms with E-state index < -0.39 is 11.4 Å². The van der Waals surface area contributed by atoms with Crippen LogP contribution in [0, 0.1) is 0 Å². The molecule has 4 heteroatoms. The van der Waals surface area contributed by atoms with E-state index >= 15 is 0 Å². The second-order valence-corrected chi connectivity index (χ2v) is 6.27. The first-order chi connectivity index (χ1) is 11.5. The van der Waals surface area contributed by atoms with Crippen LogP contribution in [0.2, 0.25) is 5.02 Å². The van der Waals surface area contributed by atoms with E-state index in [1.807, 2.05) is 30.3 Å². The first kappa shape index (κ1) is 14.8. The van der Waals surface area contributed by atoms with E-state index in [9.17, 15) is 15.0 Å². The van der Waals surface area contributed by atoms with Gasteiger partial charge in [0.05, 0.1) is 0 Å². The molecule has 3 aromatic carbocycles. The highest BCUT2D eigenvalue weighted by molar-refractivity contribution is 6.31. The number of carboxylic acid groups (broad SMARTS) is 1. The Morgan fingerprint density at radius 3 is 2.25 bits per heavy atom. The van der Waals surface area contributed by atoms with Crippen LogP contribution in [0.25, 0.3) is 11.1 Å². The Balaban J connectivity index is 2.16. The Bertz CT molecular complexity index is 963. The largest absolute Gasteiger partial charge is 0.508 e. The molecule has 0 saturated carbocycles. The molecule has 24 heavy (non-hydrogen) atoms. The zero-order valence-electron chi connectivity index (χ0n) is 12.5. The van der Waals surface area contributed by atoms with Crippen LogP contribution in [-0.2, 0) is 10.2 Å². The minimum atomic E-state index is -1.34. The first-order valence-corrected chi connectivity index (χ1v) is 7.86. The molecule has 0 radical (unpaired) electrons. The Morgan fingerprint density at radius 1 is 0.875 bits per heavy atom. The second-order valence-electron chi connectivity index (χ2n) is 5.84. The van der Waals surface area contributed by atoms with Crippen LogP contribution < -0.4 is 0 Å². The van der Waals surface area contributed by atoms with Crippen molar-refractivity contribution in [3.63, 3.8) is 0 Å². The Hall–Kier alpha value is -2.78. The van der Waals surface area contributed by atoms with Crippen LogP contribution in [0.15, 0.2) is 66.7 Å². The van der Waals surface area contributed by atoms with Gasteiger partial charge in [-0.1, -0.05) is 54.1 Å². The smallest absolute Gasteiger partial charge is 0.323 e. The molecule has 0 amide bonds. The van der Waals surface area contributed by atoms with Gasteiger partial charge < -0.3 is 10.2 Å². The molecular weight excluding hydrogens is 324 g/mol. The summed E-state index contributed by atoms with van der Waals surface area (Å²) in [6.07, 6.45) is 0. The van der Waals surface area contributed by atoms with Gasteiger partial charge in [-0.05, 0) is 52.1 Å². The molecule has 1 atom stereocenters. The molecule has 0 spiro atoms. The fourth-order valence-corrected chi connectivity index (χ4v) is 3.80. The monoisotopic (exact) mass is 336 g/mol. The number of aromatic hydroxyl groups is 1. The Kier molecular flexibility index (Phi) is 3.15. The zero-order chi connectivity index (χ0) is 16.9. The third-order valence-corrected chi connectivity index (χ3v) is 4.86. The first-order valence-electron chi connectivity index (χ1n) is 7.48. The highest BCUT2D eigenvalue weighted by atomic mass is 35.5. The lowest BCUT2D eigenvalue weighted by Gasteiger charge is -2.28. The molecule has 1 aliphatic rings. The molecule has 4 rings (SSSR count). The van der Waals surface area contributed by atoms with Crippen molar-refractivity contribution in [2.45, 2.75) is 5.41 Å². The summed E-state index contributed by atoms with van der Waals surface area (Å²) in [7, 11) is 0. The maximum absolute atomic E-state index is 12.5. The number of rotatable bonds is 2. The molecule has 1 unspecified atom stereocenters. The SMILES string of the molecule is O=C(O)C1(c2ccc(O)cc2)c2ccccc2-c2ccc(Cl)cc21. The molecule has 0 saturated heterocycles. The van der Waals surface area contributed by atoms with E-state index in [1.54, 1.807) is 24.3 Å². The molecule has 3 nitrogen and oxygen atoms in total. The Labute approximate surface area is 143 Å². The van der Waals surface area contributed by atoms with E-state index in [2.05, 4.69) is 0 Å². The number of carbonyl (C=O) groups is 1. The highest BCUT2D eigenvalue weighted by Gasteiger charge is 2.50. The lowest BCUT2D eigenvalue weighted by molar-refractivity contribution is -0.140. The van der Waals surface area contributed by atoms with E-state index in [0.717, 1.165) is 11.1 Å². The van der Waals surface area contributed by atoms with Gasteiger partial charge in [0.2, 0.25) is 0 Å². The molecule has 3 aromatic rings. The number of phenolic OH excluding ortho intramolecular Hbond substituents is 1. The number of phenols is 1. The summed E-state index contributed by atoms with van der Waals surface area (Å²) in [5, 5.41) is 20.3. The number of hydrogen-bond acceptors (Lipinski definition) is 2. The summed E-state index contributed by atoms with van der Waals surface area (Å²) in [5.41, 5.74) is 2.35. The summed E-state index contributed by atoms with van der Waals surface area (Å²) in [5.74, 6) is -0.876. The van der Waals surface area contributed by atoms with Crippen molar-refractivity contribution in [3.05, 3.63) is 88.4 Å². The fourth-order valence-electron chi connectivity index (χ4n) is 3.63. The van der Waals surface area contributed by atoms with E-state index in [0.29, 0.717) is 21.7 Å². The predicted molar refractivity (Wildman–Crippen MR) is 92.5 cm³/mol. The van der Waals surface area contributed by atoms with Gasteiger partial charge >= 0.3 is 5.97 Å². The van der Waals surface area contributed by atoms with Crippen molar-refractivity contribution in [3.8, 4) is 16.9 Å². The fraction of sp³-hybridized carbons (Fsp3) is 0.0500. The van der Waals surface area contributed by atoms with Gasteiger partial charge in [0.1, 0.15) is 11.2 Å². The van der Waals surface area contributed by atoms with Crippen molar-refractivity contribution < 1.29 is 15.0 Å². The number of benzene rings is 3. The van der Waals surface area contributed by atoms with Crippen molar-refractivity contribution >= 4 is 17.6 Å². The minimum absolute atomic E-state index is 0.0943. The topological polar surface area (TPSA) is 57.5 Å². The van der Waals surface area contributed by atoms with Gasteiger partial charge in [0.25, 0.3) is 0 Å². The highest BCUT2D eigenvalue weighted by Crippen LogP contribution is 2.53. The van der Waals surface area contributed by atoms with Crippen LogP contribution in [0.5, 0.6) is 5.75 Å². The maximum atomic E-state index is 12.5. The van der Waals surface area contributed by atoms with Gasteiger partial charge in [-0.15, -0.1) is 0 Å². The second kappa shape index (κ2) is 5.11. The lowest BCUT2D eigenvalue weighted by Crippen LogP contribution is -2.36. The van der Waals surface area contributed by atoms with Crippen LogP contribution in [-0.4, -0.2) is 16.2 Å². The summed E-state index contributed by atoms with van der Waals surface area (Å²) in [4.78, 5) is 12.5. The lowest BCUT2D eigenvalue weighted by atomic mass is 9.72. The van der Waals surface area contributed by atoms with Gasteiger partial charge in [0.15, 0.2) is 0 Å². The Morgan fingerprint density at radius 2 is 1.54 bits per heavy atom. The van der Waals surface area contributed by atoms with Crippen LogP contribution in [0.1, 0.15) is 16.7 Å². The van der Waals surface area contributed by atoms with Gasteiger partial charge in [-0.3, -0.25) is 4.79 Å². The van der Waals surface area contributed by atoms with Crippen LogP contribution in [0.4, 0.5) is 0 Å². The molecule has 2 N–H and O–H groups in total. The van der Waals surface area contributed by atoms with E-state index in [-0.39, 0.29) is 5.75 Å². The normalized spacial score (nSPS) is 18.0. The van der Waals surface area contributed by atoms with Crippen LogP contribution >= 0.6 is 11.6 Å². The average molecular weight is 337 g/mol. The number of carboxylic acids is 1. The molecule has 118 valence electrons. The van der Waals surface area contributed by atoms with Crippen molar-refractivity contribution in [1.29, 1.82) is 0 Å². The molecule has 0 bridgehead atoms. The summed E-state index contributed by atoms with van der Waals surface area (Å²) in [6, 6.07) is 19.2. The number of aliphatic carboxylic acids is 1.